The van der Waals surface area contributed by atoms with Gasteiger partial charge >= 0.3 is 0 Å². The molecule has 0 N–H and O–H groups in total. The maximum absolute atomic E-state index is 6.70. The van der Waals surface area contributed by atoms with Crippen LogP contribution < -0.4 is 9.80 Å². The fourth-order valence-electron chi connectivity index (χ4n) is 22.3. The van der Waals surface area contributed by atoms with E-state index in [2.05, 4.69) is 491 Å². The van der Waals surface area contributed by atoms with Crippen LogP contribution in [0.2, 0.25) is 0 Å². The lowest BCUT2D eigenvalue weighted by Gasteiger charge is -2.31. The molecule has 0 bridgehead atoms. The molecule has 8 nitrogen and oxygen atoms in total. The van der Waals surface area contributed by atoms with Crippen molar-refractivity contribution in [2.24, 2.45) is 0 Å². The summed E-state index contributed by atoms with van der Waals surface area (Å²) in [5.41, 5.74) is 41.2. The molecule has 6 aromatic heterocycles. The van der Waals surface area contributed by atoms with E-state index in [0.717, 1.165) is 97.2 Å². The van der Waals surface area contributed by atoms with Crippen molar-refractivity contribution in [1.29, 1.82) is 0 Å². The number of aromatic nitrogens is 5. The number of fused-ring (bicyclic) bond motifs is 20. The van der Waals surface area contributed by atoms with Gasteiger partial charge in [0.15, 0.2) is 11.4 Å². The zero-order valence-corrected chi connectivity index (χ0v) is 80.5. The molecule has 3 aliphatic rings. The zero-order chi connectivity index (χ0) is 94.5. The van der Waals surface area contributed by atoms with Gasteiger partial charge in [-0.25, -0.2) is 9.97 Å². The van der Waals surface area contributed by atoms with E-state index in [1.54, 1.807) is 0 Å². The Kier molecular flexibility index (Phi) is 21.6. The van der Waals surface area contributed by atoms with Crippen molar-refractivity contribution in [2.75, 3.05) is 9.80 Å². The Bertz CT molecular complexity index is 8270. The number of aryl methyl sites for hydroxylation is 2. The molecule has 0 radical (unpaired) electrons. The van der Waals surface area contributed by atoms with Gasteiger partial charge in [0.05, 0.1) is 11.4 Å². The SMILES string of the molecule is CC1(C)c2cc(N(c3ccccc3)c3ccccc3)ccc2-c2sc3c(c21)C(C)(C)c1cc(N(c2ccccc2)c2ccccc2)ccc1-3.CC1(C)c2ccc(-c3nc(-c4ccccc4)cc(-c4ccccc4)n3)cc2-c2c1n(-c1ccccc1)c1c2oc2ccccc21.CCn1c2ccccc2c2cc(/C=C/c3ccc(-c4ccc(/C=C/c5ccc6c(c5)c5ccccc5n6CC)cc4)cc3)ccc21. The van der Waals surface area contributed by atoms with Gasteiger partial charge in [-0.15, -0.1) is 11.3 Å². The number of rotatable bonds is 17. The maximum atomic E-state index is 6.70. The van der Waals surface area contributed by atoms with Crippen molar-refractivity contribution in [3.63, 3.8) is 0 Å². The van der Waals surface area contributed by atoms with Crippen molar-refractivity contribution in [3.8, 4) is 82.7 Å². The number of furan rings is 1. The molecule has 0 amide bonds. The predicted molar refractivity (Wildman–Crippen MR) is 591 cm³/mol. The van der Waals surface area contributed by atoms with Crippen LogP contribution in [0.4, 0.5) is 34.1 Å². The van der Waals surface area contributed by atoms with E-state index in [1.807, 2.05) is 53.8 Å². The molecule has 0 saturated carbocycles. The monoisotopic (exact) mass is 1820 g/mol. The first-order chi connectivity index (χ1) is 68.6. The third kappa shape index (κ3) is 14.9. The summed E-state index contributed by atoms with van der Waals surface area (Å²) >= 11 is 1.99. The molecule has 0 fully saturated rings. The summed E-state index contributed by atoms with van der Waals surface area (Å²) in [5.74, 6) is 0.701. The predicted octanol–water partition coefficient (Wildman–Crippen LogP) is 35.7. The molecule has 6 heterocycles. The summed E-state index contributed by atoms with van der Waals surface area (Å²) in [6.07, 6.45) is 8.84. The lowest BCUT2D eigenvalue weighted by Crippen LogP contribution is -2.23. The number of benzene rings is 17. The summed E-state index contributed by atoms with van der Waals surface area (Å²) in [6.45, 7) is 20.7. The number of hydrogen-bond donors (Lipinski definition) is 0. The normalized spacial score (nSPS) is 13.3. The topological polar surface area (TPSA) is 60.2 Å². The highest BCUT2D eigenvalue weighted by Crippen LogP contribution is 2.65. The van der Waals surface area contributed by atoms with Gasteiger partial charge in [-0.3, -0.25) is 0 Å². The average Bonchev–Trinajstić information content (AvgIpc) is 1.52. The van der Waals surface area contributed by atoms with E-state index in [4.69, 9.17) is 14.4 Å². The Labute approximate surface area is 821 Å². The Morgan fingerprint density at radius 2 is 0.679 bits per heavy atom. The van der Waals surface area contributed by atoms with Crippen molar-refractivity contribution in [3.05, 3.63) is 486 Å². The highest BCUT2D eigenvalue weighted by Gasteiger charge is 2.49. The second-order valence-corrected chi connectivity index (χ2v) is 39.5. The second kappa shape index (κ2) is 35.1. The van der Waals surface area contributed by atoms with Crippen LogP contribution in [0.1, 0.15) is 111 Å². The first kappa shape index (κ1) is 86.1. The average molecular weight is 1820 g/mol. The van der Waals surface area contributed by atoms with Crippen LogP contribution in [0, 0.1) is 0 Å². The summed E-state index contributed by atoms with van der Waals surface area (Å²) in [5, 5.41) is 6.38. The van der Waals surface area contributed by atoms with Crippen molar-refractivity contribution >= 4 is 135 Å². The maximum Gasteiger partial charge on any atom is 0.161 e. The van der Waals surface area contributed by atoms with Crippen LogP contribution in [0.15, 0.2) is 435 Å². The Hall–Kier alpha value is -16.7. The molecule has 140 heavy (non-hydrogen) atoms. The summed E-state index contributed by atoms with van der Waals surface area (Å²) in [4.78, 5) is 17.9. The standard InChI is InChI=1S/C46H38N2S.C44H36N2.C41H29N3O/c1-45(2)39-29-35(47(31-17-9-5-10-18-31)32-19-11-6-12-20-32)25-27-37(39)43-41(45)42-44(49-43)38-28-26-36(30-40(38)46(42,3)4)48(33-21-13-7-14-22-33)34-23-15-8-16-24-34;1-3-45-41-11-7-5-9-37(41)39-29-33(21-27-43(39)45)15-13-31-17-23-35(24-18-31)36-25-19-32(20-26-36)14-16-34-22-28-44-40(30-34)38-10-6-8-12-42(38)46(44)4-2;1-41(2)32-23-22-28(40-42-33(26-14-6-3-7-15-26)25-34(43-40)27-16-8-4-9-17-27)24-31(32)36-38-37(30-20-12-13-21-35(30)45-38)44(39(36)41)29-18-10-5-11-19-29/h5-30H,1-4H3;5-30H,3-4H2,1-2H3;3-25H,1-2H3/b;15-13+,16-14+;. The van der Waals surface area contributed by atoms with Crippen molar-refractivity contribution < 1.29 is 4.42 Å². The fourth-order valence-corrected chi connectivity index (χ4v) is 24.0. The number of hydrogen-bond acceptors (Lipinski definition) is 6. The fraction of sp³-hybridized carbons (Fsp3) is 0.0992. The smallest absolute Gasteiger partial charge is 0.161 e. The van der Waals surface area contributed by atoms with Gasteiger partial charge in [-0.2, -0.15) is 0 Å². The van der Waals surface area contributed by atoms with E-state index < -0.39 is 0 Å². The van der Waals surface area contributed by atoms with E-state index in [-0.39, 0.29) is 16.2 Å². The van der Waals surface area contributed by atoms with Gasteiger partial charge in [-0.05, 0) is 237 Å². The largest absolute Gasteiger partial charge is 0.454 e. The molecule has 26 rings (SSSR count). The van der Waals surface area contributed by atoms with E-state index in [1.165, 1.54) is 148 Å². The number of thiophene rings is 1. The van der Waals surface area contributed by atoms with Gasteiger partial charge in [0.1, 0.15) is 11.1 Å². The molecule has 17 aromatic carbocycles. The molecule has 0 saturated heterocycles. The van der Waals surface area contributed by atoms with Gasteiger partial charge in [0.25, 0.3) is 0 Å². The van der Waals surface area contributed by atoms with E-state index in [0.29, 0.717) is 5.82 Å². The molecule has 23 aromatic rings. The minimum Gasteiger partial charge on any atom is -0.454 e. The molecule has 674 valence electrons. The third-order valence-electron chi connectivity index (χ3n) is 29.1. The molecule has 9 heteroatoms. The van der Waals surface area contributed by atoms with Gasteiger partial charge in [0.2, 0.25) is 0 Å². The lowest BCUT2D eigenvalue weighted by molar-refractivity contribution is 0.603. The first-order valence-corrected chi connectivity index (χ1v) is 49.6. The molecular formula is C131H103N7OS. The van der Waals surface area contributed by atoms with Crippen LogP contribution in [-0.2, 0) is 29.3 Å². The van der Waals surface area contributed by atoms with Crippen molar-refractivity contribution in [1.82, 2.24) is 23.7 Å². The molecule has 0 atom stereocenters. The Morgan fingerprint density at radius 3 is 1.12 bits per heavy atom. The van der Waals surface area contributed by atoms with Gasteiger partial charge < -0.3 is 27.9 Å². The summed E-state index contributed by atoms with van der Waals surface area (Å²) in [7, 11) is 0. The highest BCUT2D eigenvalue weighted by atomic mass is 32.1. The van der Waals surface area contributed by atoms with Crippen LogP contribution >= 0.6 is 11.3 Å². The number of nitrogens with zero attached hydrogens (tertiary/aromatic N) is 7. The van der Waals surface area contributed by atoms with Gasteiger partial charge in [-0.1, -0.05) is 351 Å². The van der Waals surface area contributed by atoms with E-state index >= 15 is 0 Å². The van der Waals surface area contributed by atoms with Crippen LogP contribution in [0.5, 0.6) is 0 Å². The highest BCUT2D eigenvalue weighted by molar-refractivity contribution is 7.19. The summed E-state index contributed by atoms with van der Waals surface area (Å²) in [6, 6.07) is 154. The van der Waals surface area contributed by atoms with Gasteiger partial charge in [0, 0.05) is 156 Å². The van der Waals surface area contributed by atoms with E-state index in [9.17, 15) is 0 Å². The zero-order valence-electron chi connectivity index (χ0n) is 79.7. The Balaban J connectivity index is 0.000000114. The molecule has 0 spiro atoms. The third-order valence-corrected chi connectivity index (χ3v) is 30.3. The molecule has 3 aliphatic carbocycles. The minimum absolute atomic E-state index is 0.147. The van der Waals surface area contributed by atoms with Crippen LogP contribution in [0.3, 0.4) is 0 Å². The van der Waals surface area contributed by atoms with Crippen LogP contribution in [0.25, 0.3) is 173 Å². The summed E-state index contributed by atoms with van der Waals surface area (Å²) < 4.78 is 13.9. The minimum atomic E-state index is -0.260. The molecule has 0 aliphatic heterocycles. The lowest BCUT2D eigenvalue weighted by atomic mass is 9.74. The number of anilines is 6. The molecular weight excluding hydrogens is 1720 g/mol. The Morgan fingerprint density at radius 1 is 0.300 bits per heavy atom. The van der Waals surface area contributed by atoms with Crippen molar-refractivity contribution in [2.45, 2.75) is 84.7 Å². The quantitative estimate of drug-likeness (QED) is 0.0850. The molecule has 0 unspecified atom stereocenters. The van der Waals surface area contributed by atoms with Crippen LogP contribution in [-0.4, -0.2) is 23.7 Å². The first-order valence-electron chi connectivity index (χ1n) is 48.8. The second-order valence-electron chi connectivity index (χ2n) is 38.5. The number of para-hydroxylation sites is 8.